The van der Waals surface area contributed by atoms with E-state index in [1.165, 1.54) is 0 Å². The van der Waals surface area contributed by atoms with E-state index in [1.807, 2.05) is 20.8 Å². The van der Waals surface area contributed by atoms with Crippen LogP contribution in [0.4, 0.5) is 0 Å². The average molecular weight is 216 g/mol. The van der Waals surface area contributed by atoms with Gasteiger partial charge in [-0.2, -0.15) is 0 Å². The van der Waals surface area contributed by atoms with Crippen LogP contribution in [0.3, 0.4) is 0 Å². The van der Waals surface area contributed by atoms with Gasteiger partial charge in [-0.3, -0.25) is 4.79 Å². The highest BCUT2D eigenvalue weighted by molar-refractivity contribution is 5.81. The monoisotopic (exact) mass is 216 g/mol. The third-order valence-corrected chi connectivity index (χ3v) is 2.62. The molecule has 0 saturated carbocycles. The Kier molecular flexibility index (Phi) is 7.34. The molecule has 4 heteroatoms. The number of amides is 1. The van der Waals surface area contributed by atoms with Crippen LogP contribution in [0.1, 0.15) is 40.0 Å². The summed E-state index contributed by atoms with van der Waals surface area (Å²) in [7, 11) is 1.76. The van der Waals surface area contributed by atoms with Crippen molar-refractivity contribution in [3.05, 3.63) is 0 Å². The van der Waals surface area contributed by atoms with Crippen molar-refractivity contribution >= 4 is 5.91 Å². The highest BCUT2D eigenvalue weighted by atomic mass is 16.3. The Morgan fingerprint density at radius 3 is 2.40 bits per heavy atom. The van der Waals surface area contributed by atoms with E-state index in [-0.39, 0.29) is 18.0 Å². The molecule has 0 bridgehead atoms. The van der Waals surface area contributed by atoms with Crippen molar-refractivity contribution in [2.75, 3.05) is 7.05 Å². The summed E-state index contributed by atoms with van der Waals surface area (Å²) in [5.74, 6) is -0.280. The van der Waals surface area contributed by atoms with Crippen molar-refractivity contribution < 1.29 is 9.90 Å². The van der Waals surface area contributed by atoms with E-state index in [0.717, 1.165) is 19.3 Å². The molecule has 0 rings (SSSR count). The van der Waals surface area contributed by atoms with Crippen LogP contribution in [-0.4, -0.2) is 36.2 Å². The lowest BCUT2D eigenvalue weighted by atomic mass is 10.1. The number of aliphatic hydroxyl groups is 1. The lowest BCUT2D eigenvalue weighted by molar-refractivity contribution is -0.131. The number of hydrogen-bond donors (Lipinski definition) is 3. The second-order valence-electron chi connectivity index (χ2n) is 3.95. The molecular formula is C11H24N2O2. The normalized spacial score (nSPS) is 16.9. The summed E-state index contributed by atoms with van der Waals surface area (Å²) in [5.41, 5.74) is 0. The molecule has 3 unspecified atom stereocenters. The maximum atomic E-state index is 11.6. The van der Waals surface area contributed by atoms with E-state index >= 15 is 0 Å². The lowest BCUT2D eigenvalue weighted by Crippen LogP contribution is -2.49. The molecule has 3 N–H and O–H groups in total. The third-order valence-electron chi connectivity index (χ3n) is 2.62. The molecule has 15 heavy (non-hydrogen) atoms. The molecule has 4 nitrogen and oxygen atoms in total. The van der Waals surface area contributed by atoms with Gasteiger partial charge < -0.3 is 15.7 Å². The zero-order chi connectivity index (χ0) is 11.8. The molecule has 90 valence electrons. The van der Waals surface area contributed by atoms with Crippen LogP contribution in [0.25, 0.3) is 0 Å². The molecule has 0 aromatic rings. The largest absolute Gasteiger partial charge is 0.382 e. The summed E-state index contributed by atoms with van der Waals surface area (Å²) in [6, 6.07) is -0.0367. The van der Waals surface area contributed by atoms with Gasteiger partial charge in [-0.15, -0.1) is 0 Å². The fraction of sp³-hybridized carbons (Fsp3) is 0.909. The molecule has 0 spiro atoms. The predicted molar refractivity (Wildman–Crippen MR) is 61.7 cm³/mol. The van der Waals surface area contributed by atoms with Crippen LogP contribution < -0.4 is 10.6 Å². The maximum Gasteiger partial charge on any atom is 0.250 e. The first-order chi connectivity index (χ1) is 7.06. The zero-order valence-electron chi connectivity index (χ0n) is 10.2. The van der Waals surface area contributed by atoms with E-state index < -0.39 is 6.10 Å². The van der Waals surface area contributed by atoms with E-state index in [1.54, 1.807) is 7.05 Å². The van der Waals surface area contributed by atoms with Gasteiger partial charge in [0.25, 0.3) is 5.91 Å². The first kappa shape index (κ1) is 14.4. The summed E-state index contributed by atoms with van der Waals surface area (Å²) in [6.07, 6.45) is 1.66. The van der Waals surface area contributed by atoms with Crippen molar-refractivity contribution in [3.8, 4) is 0 Å². The van der Waals surface area contributed by atoms with Crippen LogP contribution in [-0.2, 0) is 4.79 Å². The quantitative estimate of drug-likeness (QED) is 0.585. The Morgan fingerprint density at radius 1 is 1.40 bits per heavy atom. The van der Waals surface area contributed by atoms with Crippen LogP contribution in [0.2, 0.25) is 0 Å². The molecule has 0 heterocycles. The maximum absolute atomic E-state index is 11.6. The summed E-state index contributed by atoms with van der Waals surface area (Å²) in [4.78, 5) is 11.6. The van der Waals surface area contributed by atoms with Crippen LogP contribution in [0.15, 0.2) is 0 Å². The molecular weight excluding hydrogens is 192 g/mol. The summed E-state index contributed by atoms with van der Waals surface area (Å²) >= 11 is 0. The number of likely N-dealkylation sites (N-methyl/N-ethyl adjacent to an activating group) is 1. The molecule has 3 atom stereocenters. The summed E-state index contributed by atoms with van der Waals surface area (Å²) in [6.45, 7) is 5.96. The molecule has 0 saturated heterocycles. The molecule has 0 aromatic carbocycles. The van der Waals surface area contributed by atoms with Crippen LogP contribution in [0, 0.1) is 0 Å². The van der Waals surface area contributed by atoms with Crippen molar-refractivity contribution in [3.63, 3.8) is 0 Å². The first-order valence-electron chi connectivity index (χ1n) is 5.72. The number of carbonyl (C=O) groups is 1. The first-order valence-corrected chi connectivity index (χ1v) is 5.72. The molecule has 1 amide bonds. The van der Waals surface area contributed by atoms with Gasteiger partial charge in [0.2, 0.25) is 0 Å². The fourth-order valence-corrected chi connectivity index (χ4v) is 1.38. The van der Waals surface area contributed by atoms with Gasteiger partial charge in [-0.05, 0) is 26.8 Å². The second kappa shape index (κ2) is 7.65. The van der Waals surface area contributed by atoms with Crippen LogP contribution >= 0.6 is 0 Å². The van der Waals surface area contributed by atoms with Crippen molar-refractivity contribution in [1.29, 1.82) is 0 Å². The molecule has 0 aliphatic carbocycles. The standard InChI is InChI=1S/C11H24N2O2/c1-5-7-9(12-4)10(14)11(15)13-8(3)6-2/h8-10,12,14H,5-7H2,1-4H3,(H,13,15). The molecule has 0 aromatic heterocycles. The van der Waals surface area contributed by atoms with E-state index in [9.17, 15) is 9.90 Å². The lowest BCUT2D eigenvalue weighted by Gasteiger charge is -2.22. The molecule has 0 aliphatic rings. The summed E-state index contributed by atoms with van der Waals surface area (Å²) in [5, 5.41) is 15.5. The van der Waals surface area contributed by atoms with Crippen molar-refractivity contribution in [2.24, 2.45) is 0 Å². The van der Waals surface area contributed by atoms with Gasteiger partial charge in [-0.1, -0.05) is 20.3 Å². The molecule has 0 aliphatic heterocycles. The summed E-state index contributed by atoms with van der Waals surface area (Å²) < 4.78 is 0. The fourth-order valence-electron chi connectivity index (χ4n) is 1.38. The van der Waals surface area contributed by atoms with Gasteiger partial charge in [0.15, 0.2) is 0 Å². The Bertz CT molecular complexity index is 185. The SMILES string of the molecule is CCCC(NC)C(O)C(=O)NC(C)CC. The van der Waals surface area contributed by atoms with Crippen LogP contribution in [0.5, 0.6) is 0 Å². The second-order valence-corrected chi connectivity index (χ2v) is 3.95. The Balaban J connectivity index is 4.15. The minimum atomic E-state index is -0.955. The van der Waals surface area contributed by atoms with E-state index in [0.29, 0.717) is 0 Å². The van der Waals surface area contributed by atoms with Crippen molar-refractivity contribution in [1.82, 2.24) is 10.6 Å². The number of aliphatic hydroxyl groups excluding tert-OH is 1. The zero-order valence-corrected chi connectivity index (χ0v) is 10.2. The number of rotatable bonds is 7. The topological polar surface area (TPSA) is 61.4 Å². The highest BCUT2D eigenvalue weighted by Gasteiger charge is 2.24. The highest BCUT2D eigenvalue weighted by Crippen LogP contribution is 2.03. The predicted octanol–water partition coefficient (Wildman–Crippen LogP) is 0.650. The molecule has 0 fully saturated rings. The van der Waals surface area contributed by atoms with Gasteiger partial charge in [-0.25, -0.2) is 0 Å². The number of nitrogens with one attached hydrogen (secondary N) is 2. The average Bonchev–Trinajstić information content (AvgIpc) is 2.24. The Labute approximate surface area is 92.4 Å². The minimum absolute atomic E-state index is 0.117. The van der Waals surface area contributed by atoms with Gasteiger partial charge in [0.05, 0.1) is 0 Å². The number of carbonyl (C=O) groups excluding carboxylic acids is 1. The molecule has 0 radical (unpaired) electrons. The van der Waals surface area contributed by atoms with Gasteiger partial charge >= 0.3 is 0 Å². The Hall–Kier alpha value is -0.610. The smallest absolute Gasteiger partial charge is 0.250 e. The number of hydrogen-bond acceptors (Lipinski definition) is 3. The van der Waals surface area contributed by atoms with E-state index in [2.05, 4.69) is 10.6 Å². The van der Waals surface area contributed by atoms with Gasteiger partial charge in [0, 0.05) is 12.1 Å². The Morgan fingerprint density at radius 2 is 2.00 bits per heavy atom. The van der Waals surface area contributed by atoms with Crippen molar-refractivity contribution in [2.45, 2.75) is 58.2 Å². The third kappa shape index (κ3) is 5.14. The van der Waals surface area contributed by atoms with E-state index in [4.69, 9.17) is 0 Å². The van der Waals surface area contributed by atoms with Gasteiger partial charge in [0.1, 0.15) is 6.10 Å². The minimum Gasteiger partial charge on any atom is -0.382 e.